The maximum Gasteiger partial charge on any atom is 0.104 e. The van der Waals surface area contributed by atoms with Crippen molar-refractivity contribution in [2.24, 2.45) is 0 Å². The van der Waals surface area contributed by atoms with Crippen molar-refractivity contribution in [1.82, 2.24) is 0 Å². The molecule has 1 heterocycles. The molecule has 0 fully saturated rings. The normalized spacial score (nSPS) is 23.4. The third-order valence-corrected chi connectivity index (χ3v) is 3.64. The molecule has 0 aromatic heterocycles. The Morgan fingerprint density at radius 1 is 1.19 bits per heavy atom. The van der Waals surface area contributed by atoms with E-state index in [1.807, 2.05) is 0 Å². The molecule has 1 aliphatic rings. The Bertz CT molecular complexity index is 337. The highest BCUT2D eigenvalue weighted by Gasteiger charge is 2.27. The van der Waals surface area contributed by atoms with E-state index in [1.54, 1.807) is 11.1 Å². The number of hydrogen-bond acceptors (Lipinski definition) is 0. The van der Waals surface area contributed by atoms with Gasteiger partial charge in [0.15, 0.2) is 0 Å². The third-order valence-electron chi connectivity index (χ3n) is 3.64. The predicted molar refractivity (Wildman–Crippen MR) is 64.7 cm³/mol. The van der Waals surface area contributed by atoms with Crippen molar-refractivity contribution in [3.63, 3.8) is 0 Å². The minimum absolute atomic E-state index is 0. The second kappa shape index (κ2) is 6.01. The first-order chi connectivity index (χ1) is 7.23. The van der Waals surface area contributed by atoms with Crippen LogP contribution in [0.25, 0.3) is 0 Å². The van der Waals surface area contributed by atoms with Crippen LogP contribution in [0.4, 0.5) is 0 Å². The van der Waals surface area contributed by atoms with Crippen molar-refractivity contribution in [2.45, 2.75) is 32.7 Å². The lowest BCUT2D eigenvalue weighted by atomic mass is 9.98. The molecular weight excluding hydrogens is 309 g/mol. The molecule has 0 saturated heterocycles. The first-order valence-corrected chi connectivity index (χ1v) is 6.14. The number of likely N-dealkylation sites (N-methyl/N-ethyl adjacent to an activating group) is 1. The van der Waals surface area contributed by atoms with Crippen molar-refractivity contribution >= 4 is 0 Å². The van der Waals surface area contributed by atoms with E-state index in [2.05, 4.69) is 38.2 Å². The summed E-state index contributed by atoms with van der Waals surface area (Å²) < 4.78 is 1.24. The van der Waals surface area contributed by atoms with Gasteiger partial charge in [-0.25, -0.2) is 0 Å². The van der Waals surface area contributed by atoms with Crippen LogP contribution in [0, 0.1) is 0 Å². The molecule has 0 saturated carbocycles. The molecule has 2 heteroatoms. The van der Waals surface area contributed by atoms with Crippen LogP contribution >= 0.6 is 0 Å². The predicted octanol–water partition coefficient (Wildman–Crippen LogP) is -0.00660. The molecule has 1 aromatic rings. The quantitative estimate of drug-likeness (QED) is 0.540. The van der Waals surface area contributed by atoms with Crippen LogP contribution < -0.4 is 24.0 Å². The SMILES string of the molecule is CCCC[N+]1(C)CCc2ccccc2C1.[I-]. The monoisotopic (exact) mass is 331 g/mol. The first-order valence-electron chi connectivity index (χ1n) is 6.14. The van der Waals surface area contributed by atoms with Gasteiger partial charge in [-0.1, -0.05) is 37.6 Å². The first kappa shape index (κ1) is 14.0. The Balaban J connectivity index is 0.00000128. The highest BCUT2D eigenvalue weighted by Crippen LogP contribution is 2.23. The zero-order valence-electron chi connectivity index (χ0n) is 10.4. The molecule has 1 atom stereocenters. The third kappa shape index (κ3) is 3.20. The fourth-order valence-electron chi connectivity index (χ4n) is 2.57. The molecule has 2 rings (SSSR count). The largest absolute Gasteiger partial charge is 1.00 e. The Morgan fingerprint density at radius 2 is 1.88 bits per heavy atom. The summed E-state index contributed by atoms with van der Waals surface area (Å²) in [7, 11) is 2.41. The van der Waals surface area contributed by atoms with Gasteiger partial charge in [0.1, 0.15) is 6.54 Å². The molecule has 1 aromatic carbocycles. The van der Waals surface area contributed by atoms with Crippen LogP contribution in [0.3, 0.4) is 0 Å². The average molecular weight is 331 g/mol. The molecule has 90 valence electrons. The van der Waals surface area contributed by atoms with Gasteiger partial charge in [0.05, 0.1) is 20.1 Å². The zero-order valence-corrected chi connectivity index (χ0v) is 12.5. The Morgan fingerprint density at radius 3 is 2.56 bits per heavy atom. The standard InChI is InChI=1S/C14H22N.HI/c1-3-4-10-15(2)11-9-13-7-5-6-8-14(13)12-15;/h5-8H,3-4,9-12H2,1-2H3;1H/q+1;/p-1. The highest BCUT2D eigenvalue weighted by atomic mass is 127. The maximum absolute atomic E-state index is 2.41. The number of benzene rings is 1. The summed E-state index contributed by atoms with van der Waals surface area (Å²) in [5.74, 6) is 0. The van der Waals surface area contributed by atoms with E-state index >= 15 is 0 Å². The molecular formula is C14H22IN. The lowest BCUT2D eigenvalue weighted by Crippen LogP contribution is -3.00. The van der Waals surface area contributed by atoms with Crippen molar-refractivity contribution in [1.29, 1.82) is 0 Å². The van der Waals surface area contributed by atoms with E-state index in [0.717, 1.165) is 0 Å². The van der Waals surface area contributed by atoms with E-state index in [-0.39, 0.29) is 24.0 Å². The average Bonchev–Trinajstić information content (AvgIpc) is 2.26. The van der Waals surface area contributed by atoms with Crippen molar-refractivity contribution in [3.8, 4) is 0 Å². The van der Waals surface area contributed by atoms with Gasteiger partial charge in [0.2, 0.25) is 0 Å². The fourth-order valence-corrected chi connectivity index (χ4v) is 2.57. The fraction of sp³-hybridized carbons (Fsp3) is 0.571. The minimum atomic E-state index is 0. The number of fused-ring (bicyclic) bond motifs is 1. The minimum Gasteiger partial charge on any atom is -1.00 e. The number of quaternary nitrogens is 1. The van der Waals surface area contributed by atoms with Crippen molar-refractivity contribution in [3.05, 3.63) is 35.4 Å². The molecule has 0 bridgehead atoms. The van der Waals surface area contributed by atoms with Gasteiger partial charge in [-0.3, -0.25) is 0 Å². The second-order valence-corrected chi connectivity index (χ2v) is 5.10. The number of halogens is 1. The summed E-state index contributed by atoms with van der Waals surface area (Å²) >= 11 is 0. The van der Waals surface area contributed by atoms with E-state index < -0.39 is 0 Å². The highest BCUT2D eigenvalue weighted by molar-refractivity contribution is 5.27. The Labute approximate surface area is 116 Å². The molecule has 1 nitrogen and oxygen atoms in total. The van der Waals surface area contributed by atoms with Gasteiger partial charge in [-0.2, -0.15) is 0 Å². The van der Waals surface area contributed by atoms with Crippen LogP contribution in [0.2, 0.25) is 0 Å². The Hall–Kier alpha value is -0.0900. The van der Waals surface area contributed by atoms with E-state index in [1.165, 1.54) is 43.4 Å². The topological polar surface area (TPSA) is 0 Å². The molecule has 0 N–H and O–H groups in total. The van der Waals surface area contributed by atoms with Gasteiger partial charge < -0.3 is 28.5 Å². The number of unbranched alkanes of at least 4 members (excludes halogenated alkanes) is 1. The molecule has 0 aliphatic carbocycles. The lowest BCUT2D eigenvalue weighted by Gasteiger charge is -2.38. The lowest BCUT2D eigenvalue weighted by molar-refractivity contribution is -0.924. The van der Waals surface area contributed by atoms with Gasteiger partial charge in [0.25, 0.3) is 0 Å². The van der Waals surface area contributed by atoms with Crippen LogP contribution in [-0.2, 0) is 13.0 Å². The Kier molecular flexibility index (Phi) is 5.25. The maximum atomic E-state index is 2.41. The van der Waals surface area contributed by atoms with Gasteiger partial charge >= 0.3 is 0 Å². The number of nitrogens with zero attached hydrogens (tertiary/aromatic N) is 1. The van der Waals surface area contributed by atoms with Gasteiger partial charge in [0, 0.05) is 12.0 Å². The number of rotatable bonds is 3. The second-order valence-electron chi connectivity index (χ2n) is 5.10. The molecule has 0 amide bonds. The van der Waals surface area contributed by atoms with E-state index in [4.69, 9.17) is 0 Å². The van der Waals surface area contributed by atoms with Crippen LogP contribution in [-0.4, -0.2) is 24.6 Å². The summed E-state index contributed by atoms with van der Waals surface area (Å²) in [6.45, 7) is 6.17. The summed E-state index contributed by atoms with van der Waals surface area (Å²) in [6, 6.07) is 8.93. The van der Waals surface area contributed by atoms with E-state index in [9.17, 15) is 0 Å². The van der Waals surface area contributed by atoms with Crippen LogP contribution in [0.5, 0.6) is 0 Å². The number of hydrogen-bond donors (Lipinski definition) is 0. The molecule has 16 heavy (non-hydrogen) atoms. The molecule has 0 spiro atoms. The zero-order chi connectivity index (χ0) is 10.7. The smallest absolute Gasteiger partial charge is 0.104 e. The van der Waals surface area contributed by atoms with Gasteiger partial charge in [-0.05, 0) is 12.0 Å². The summed E-state index contributed by atoms with van der Waals surface area (Å²) in [5, 5.41) is 0. The van der Waals surface area contributed by atoms with Crippen LogP contribution in [0.15, 0.2) is 24.3 Å². The molecule has 1 aliphatic heterocycles. The van der Waals surface area contributed by atoms with E-state index in [0.29, 0.717) is 0 Å². The molecule has 0 radical (unpaired) electrons. The summed E-state index contributed by atoms with van der Waals surface area (Å²) in [4.78, 5) is 0. The summed E-state index contributed by atoms with van der Waals surface area (Å²) in [5.41, 5.74) is 3.15. The van der Waals surface area contributed by atoms with Crippen molar-refractivity contribution < 1.29 is 28.5 Å². The van der Waals surface area contributed by atoms with Gasteiger partial charge in [-0.15, -0.1) is 0 Å². The van der Waals surface area contributed by atoms with Crippen LogP contribution in [0.1, 0.15) is 30.9 Å². The summed E-state index contributed by atoms with van der Waals surface area (Å²) in [6.07, 6.45) is 3.94. The molecule has 1 unspecified atom stereocenters. The van der Waals surface area contributed by atoms with Crippen molar-refractivity contribution in [2.75, 3.05) is 20.1 Å².